The lowest BCUT2D eigenvalue weighted by Crippen LogP contribution is -2.48. The summed E-state index contributed by atoms with van der Waals surface area (Å²) in [6.45, 7) is 11.4. The molecule has 1 nitrogen and oxygen atoms in total. The molecule has 3 fully saturated rings. The summed E-state index contributed by atoms with van der Waals surface area (Å²) in [6.07, 6.45) is 9.95. The summed E-state index contributed by atoms with van der Waals surface area (Å²) in [5, 5.41) is 11.6. The Hall–Kier alpha value is -0.0800. The van der Waals surface area contributed by atoms with Gasteiger partial charge in [0.25, 0.3) is 0 Å². The molecule has 0 bridgehead atoms. The highest BCUT2D eigenvalue weighted by Gasteiger charge is 2.57. The summed E-state index contributed by atoms with van der Waals surface area (Å²) in [5.41, 5.74) is 4.71. The Balaban J connectivity index is 1.63. The molecule has 0 saturated heterocycles. The Bertz CT molecular complexity index is 603. The third-order valence-corrected chi connectivity index (χ3v) is 9.50. The fourth-order valence-corrected chi connectivity index (χ4v) is 7.96. The zero-order valence-corrected chi connectivity index (χ0v) is 17.9. The number of aliphatic hydroxyl groups is 1. The molecule has 2 heteroatoms. The molecule has 4 rings (SSSR count). The first kappa shape index (κ1) is 18.3. The lowest BCUT2D eigenvalue weighted by Gasteiger charge is -2.55. The summed E-state index contributed by atoms with van der Waals surface area (Å²) in [6, 6.07) is 0. The first-order chi connectivity index (χ1) is 11.8. The first-order valence-corrected chi connectivity index (χ1v) is 11.5. The molecule has 7 atom stereocenters. The zero-order valence-electron chi connectivity index (χ0n) is 16.3. The van der Waals surface area contributed by atoms with Crippen molar-refractivity contribution in [1.29, 1.82) is 0 Å². The molecule has 0 amide bonds. The van der Waals surface area contributed by atoms with E-state index < -0.39 is 5.60 Å². The Kier molecular flexibility index (Phi) is 4.56. The van der Waals surface area contributed by atoms with Crippen LogP contribution >= 0.6 is 15.9 Å². The molecular formula is C23H35BrO. The molecule has 140 valence electrons. The average Bonchev–Trinajstić information content (AvgIpc) is 2.91. The van der Waals surface area contributed by atoms with Crippen molar-refractivity contribution < 1.29 is 5.11 Å². The molecule has 0 heterocycles. The molecule has 0 unspecified atom stereocenters. The monoisotopic (exact) mass is 406 g/mol. The molecule has 4 aliphatic carbocycles. The van der Waals surface area contributed by atoms with Gasteiger partial charge < -0.3 is 5.11 Å². The van der Waals surface area contributed by atoms with Crippen molar-refractivity contribution >= 4 is 15.9 Å². The van der Waals surface area contributed by atoms with Crippen LogP contribution in [0.2, 0.25) is 0 Å². The molecule has 3 saturated carbocycles. The maximum atomic E-state index is 10.6. The second kappa shape index (κ2) is 6.23. The van der Waals surface area contributed by atoms with Crippen LogP contribution in [0.1, 0.15) is 72.1 Å². The van der Waals surface area contributed by atoms with Gasteiger partial charge in [-0.05, 0) is 100 Å². The number of rotatable bonds is 2. The van der Waals surface area contributed by atoms with Crippen LogP contribution in [0.15, 0.2) is 23.3 Å². The van der Waals surface area contributed by atoms with Gasteiger partial charge in [0.2, 0.25) is 0 Å². The SMILES string of the molecule is C=C(CBr)[C@H]1CC[C@H]2[C@@H]3CC(C)=C4C[C@](C)(O)CC[C@@H]4[C@H]3CC[C@]12C. The van der Waals surface area contributed by atoms with Crippen molar-refractivity contribution in [1.82, 2.24) is 0 Å². The van der Waals surface area contributed by atoms with E-state index in [9.17, 15) is 5.11 Å². The highest BCUT2D eigenvalue weighted by Crippen LogP contribution is 2.65. The Morgan fingerprint density at radius 2 is 1.92 bits per heavy atom. The number of allylic oxidation sites excluding steroid dienone is 2. The van der Waals surface area contributed by atoms with E-state index in [0.29, 0.717) is 5.41 Å². The maximum absolute atomic E-state index is 10.6. The molecule has 0 aromatic rings. The van der Waals surface area contributed by atoms with Crippen LogP contribution in [0.4, 0.5) is 0 Å². The molecule has 0 spiro atoms. The highest BCUT2D eigenvalue weighted by molar-refractivity contribution is 9.09. The number of hydrogen-bond acceptors (Lipinski definition) is 1. The predicted molar refractivity (Wildman–Crippen MR) is 109 cm³/mol. The number of hydrogen-bond donors (Lipinski definition) is 1. The van der Waals surface area contributed by atoms with Crippen LogP contribution in [0.5, 0.6) is 0 Å². The smallest absolute Gasteiger partial charge is 0.0657 e. The molecule has 0 aliphatic heterocycles. The second-order valence-corrected chi connectivity index (χ2v) is 10.8. The third kappa shape index (κ3) is 2.81. The number of fused-ring (bicyclic) bond motifs is 5. The van der Waals surface area contributed by atoms with E-state index in [1.807, 2.05) is 6.92 Å². The number of alkyl halides is 1. The first-order valence-electron chi connectivity index (χ1n) is 10.4. The predicted octanol–water partition coefficient (Wildman–Crippen LogP) is 6.27. The Morgan fingerprint density at radius 3 is 2.64 bits per heavy atom. The van der Waals surface area contributed by atoms with Gasteiger partial charge in [-0.3, -0.25) is 0 Å². The summed E-state index contributed by atoms with van der Waals surface area (Å²) >= 11 is 3.67. The van der Waals surface area contributed by atoms with E-state index in [4.69, 9.17) is 0 Å². The molecule has 0 aromatic heterocycles. The Labute approximate surface area is 162 Å². The fourth-order valence-electron chi connectivity index (χ4n) is 7.57. The molecule has 0 aromatic carbocycles. The van der Waals surface area contributed by atoms with Gasteiger partial charge in [0, 0.05) is 5.33 Å². The van der Waals surface area contributed by atoms with E-state index >= 15 is 0 Å². The quantitative estimate of drug-likeness (QED) is 0.423. The normalized spacial score (nSPS) is 49.4. The topological polar surface area (TPSA) is 20.2 Å². The van der Waals surface area contributed by atoms with Crippen LogP contribution in [0.3, 0.4) is 0 Å². The number of halogens is 1. The van der Waals surface area contributed by atoms with Crippen LogP contribution < -0.4 is 0 Å². The van der Waals surface area contributed by atoms with Crippen LogP contribution in [0, 0.1) is 35.0 Å². The van der Waals surface area contributed by atoms with Crippen LogP contribution in [-0.4, -0.2) is 16.0 Å². The van der Waals surface area contributed by atoms with Crippen molar-refractivity contribution in [3.63, 3.8) is 0 Å². The molecule has 1 N–H and O–H groups in total. The van der Waals surface area contributed by atoms with E-state index in [0.717, 1.165) is 47.8 Å². The van der Waals surface area contributed by atoms with Gasteiger partial charge >= 0.3 is 0 Å². The van der Waals surface area contributed by atoms with Gasteiger partial charge in [-0.15, -0.1) is 0 Å². The minimum absolute atomic E-state index is 0.463. The second-order valence-electron chi connectivity index (χ2n) is 10.2. The van der Waals surface area contributed by atoms with E-state index in [-0.39, 0.29) is 0 Å². The Morgan fingerprint density at radius 1 is 1.16 bits per heavy atom. The third-order valence-electron chi connectivity index (χ3n) is 8.78. The van der Waals surface area contributed by atoms with Gasteiger partial charge in [0.05, 0.1) is 5.60 Å². The van der Waals surface area contributed by atoms with Gasteiger partial charge in [0.1, 0.15) is 0 Å². The molecule has 25 heavy (non-hydrogen) atoms. The standard InChI is InChI=1S/C23H35BrO/c1-14-11-18-16(17-7-9-22(3,25)12-19(14)17)8-10-23(4)20(15(2)13-24)5-6-21(18)23/h16-18,20-21,25H,2,5-13H2,1,3-4H3/t16-,17-,18-,20-,21+,22-,23-/m1/s1. The van der Waals surface area contributed by atoms with Crippen molar-refractivity contribution in [3.05, 3.63) is 23.3 Å². The summed E-state index contributed by atoms with van der Waals surface area (Å²) in [7, 11) is 0. The lowest BCUT2D eigenvalue weighted by atomic mass is 9.50. The lowest BCUT2D eigenvalue weighted by molar-refractivity contribution is -0.0310. The summed E-state index contributed by atoms with van der Waals surface area (Å²) < 4.78 is 0. The summed E-state index contributed by atoms with van der Waals surface area (Å²) in [5.74, 6) is 4.12. The largest absolute Gasteiger partial charge is 0.390 e. The van der Waals surface area contributed by atoms with Crippen molar-refractivity contribution in [2.75, 3.05) is 5.33 Å². The van der Waals surface area contributed by atoms with Crippen molar-refractivity contribution in [2.24, 2.45) is 35.0 Å². The highest BCUT2D eigenvalue weighted by atomic mass is 79.9. The maximum Gasteiger partial charge on any atom is 0.0657 e. The summed E-state index contributed by atoms with van der Waals surface area (Å²) in [4.78, 5) is 0. The average molecular weight is 407 g/mol. The van der Waals surface area contributed by atoms with E-state index in [1.54, 1.807) is 11.1 Å². The van der Waals surface area contributed by atoms with Crippen molar-refractivity contribution in [3.8, 4) is 0 Å². The fraction of sp³-hybridized carbons (Fsp3) is 0.826. The van der Waals surface area contributed by atoms with Gasteiger partial charge in [-0.1, -0.05) is 46.2 Å². The minimum Gasteiger partial charge on any atom is -0.390 e. The van der Waals surface area contributed by atoms with Crippen LogP contribution in [0.25, 0.3) is 0 Å². The van der Waals surface area contributed by atoms with Gasteiger partial charge in [-0.2, -0.15) is 0 Å². The van der Waals surface area contributed by atoms with Crippen LogP contribution in [-0.2, 0) is 0 Å². The van der Waals surface area contributed by atoms with Gasteiger partial charge in [0.15, 0.2) is 0 Å². The van der Waals surface area contributed by atoms with E-state index in [1.165, 1.54) is 44.1 Å². The molecule has 0 radical (unpaired) electrons. The van der Waals surface area contributed by atoms with E-state index in [2.05, 4.69) is 36.4 Å². The molecular weight excluding hydrogens is 372 g/mol. The van der Waals surface area contributed by atoms with Crippen molar-refractivity contribution in [2.45, 2.75) is 77.7 Å². The van der Waals surface area contributed by atoms with Gasteiger partial charge in [-0.25, -0.2) is 0 Å². The minimum atomic E-state index is -0.463. The molecule has 4 aliphatic rings. The zero-order chi connectivity index (χ0) is 18.0.